The second-order valence-electron chi connectivity index (χ2n) is 19.6. The topological polar surface area (TPSA) is 82.3 Å². The summed E-state index contributed by atoms with van der Waals surface area (Å²) in [7, 11) is 0. The number of fused-ring (bicyclic) bond motifs is 8. The summed E-state index contributed by atoms with van der Waals surface area (Å²) in [6.07, 6.45) is 1.10. The Kier molecular flexibility index (Phi) is 13.4. The van der Waals surface area contributed by atoms with Crippen LogP contribution in [0.5, 0.6) is 0 Å². The summed E-state index contributed by atoms with van der Waals surface area (Å²) in [6.45, 7) is 0. The Balaban J connectivity index is 0.000000121. The minimum Gasteiger partial charge on any atom is -0.309 e. The highest BCUT2D eigenvalue weighted by atomic mass is 79.9. The number of aromatic nitrogens is 7. The van der Waals surface area contributed by atoms with Gasteiger partial charge in [-0.2, -0.15) is 0 Å². The van der Waals surface area contributed by atoms with Crippen molar-refractivity contribution in [2.75, 3.05) is 0 Å². The largest absolute Gasteiger partial charge is 0.309 e. The third kappa shape index (κ3) is 10.1. The van der Waals surface area contributed by atoms with Crippen LogP contribution in [0, 0.1) is 0 Å². The molecule has 5 heterocycles. The number of rotatable bonds is 7. The van der Waals surface area contributed by atoms with E-state index in [0.29, 0.717) is 34.9 Å². The number of hydrogen-bond donors (Lipinski definition) is 0. The second-order valence-corrected chi connectivity index (χ2v) is 22.4. The molecule has 0 atom stereocenters. The molecule has 0 N–H and O–H groups in total. The van der Waals surface area contributed by atoms with Crippen molar-refractivity contribution in [1.82, 2.24) is 34.5 Å². The van der Waals surface area contributed by atoms with E-state index in [-0.39, 0.29) is 0 Å². The SMILES string of the molecule is Brc1ccc(-c2nc(-c3ccccc3)nc(-c3ccccc3)n2)cc1.c1ccc(-c2nc(-c3ccccc3)nc(-c3ccc(-n4c5ccccc5c5cc6ccsc6cc54)cc3)n2)cc1.c1ccc2c(c1)Cc1cc3sccc3cc1-2. The Morgan fingerprint density at radius 3 is 1.26 bits per heavy atom. The van der Waals surface area contributed by atoms with Crippen LogP contribution in [0.1, 0.15) is 11.1 Å². The molecule has 10 aromatic carbocycles. The average molecular weight is 1140 g/mol. The van der Waals surface area contributed by atoms with Crippen LogP contribution in [0.4, 0.5) is 0 Å². The van der Waals surface area contributed by atoms with Crippen LogP contribution < -0.4 is 0 Å². The van der Waals surface area contributed by atoms with Gasteiger partial charge in [-0.15, -0.1) is 22.7 Å². The van der Waals surface area contributed by atoms with E-state index < -0.39 is 0 Å². The highest BCUT2D eigenvalue weighted by Crippen LogP contribution is 2.41. The van der Waals surface area contributed by atoms with Gasteiger partial charge in [-0.1, -0.05) is 192 Å². The summed E-state index contributed by atoms with van der Waals surface area (Å²) in [5.41, 5.74) is 15.1. The second kappa shape index (κ2) is 21.9. The first-order valence-corrected chi connectivity index (χ1v) is 29.2. The predicted molar refractivity (Wildman–Crippen MR) is 340 cm³/mol. The van der Waals surface area contributed by atoms with E-state index in [1.165, 1.54) is 64.2 Å². The van der Waals surface area contributed by atoms with Gasteiger partial charge < -0.3 is 4.57 Å². The van der Waals surface area contributed by atoms with E-state index in [1.807, 2.05) is 157 Å². The molecule has 16 rings (SSSR count). The molecule has 0 spiro atoms. The van der Waals surface area contributed by atoms with Crippen LogP contribution in [-0.4, -0.2) is 34.5 Å². The monoisotopic (exact) mass is 1140 g/mol. The smallest absolute Gasteiger partial charge is 0.164 e. The van der Waals surface area contributed by atoms with E-state index >= 15 is 0 Å². The predicted octanol–water partition coefficient (Wildman–Crippen LogP) is 19.3. The Morgan fingerprint density at radius 1 is 0.321 bits per heavy atom. The van der Waals surface area contributed by atoms with Crippen molar-refractivity contribution >= 4 is 80.6 Å². The molecule has 81 heavy (non-hydrogen) atoms. The molecule has 0 unspecified atom stereocenters. The van der Waals surface area contributed by atoms with Gasteiger partial charge >= 0.3 is 0 Å². The fraction of sp³-hybridized carbons (Fsp3) is 0.0141. The minimum absolute atomic E-state index is 0.654. The zero-order chi connectivity index (χ0) is 54.1. The van der Waals surface area contributed by atoms with Gasteiger partial charge in [0.2, 0.25) is 0 Å². The molecule has 0 saturated carbocycles. The third-order valence-corrected chi connectivity index (χ3v) is 16.8. The van der Waals surface area contributed by atoms with Gasteiger partial charge in [0.1, 0.15) is 0 Å². The number of halogens is 1. The molecular weight excluding hydrogens is 1090 g/mol. The molecule has 7 nitrogen and oxygen atoms in total. The lowest BCUT2D eigenvalue weighted by atomic mass is 10.0. The summed E-state index contributed by atoms with van der Waals surface area (Å²) in [5.74, 6) is 3.99. The van der Waals surface area contributed by atoms with Gasteiger partial charge in [-0.25, -0.2) is 29.9 Å². The summed E-state index contributed by atoms with van der Waals surface area (Å²) in [6, 6.07) is 87.7. The maximum atomic E-state index is 4.89. The van der Waals surface area contributed by atoms with E-state index in [2.05, 4.69) is 145 Å². The highest BCUT2D eigenvalue weighted by molar-refractivity contribution is 9.10. The van der Waals surface area contributed by atoms with Crippen LogP contribution in [-0.2, 0) is 6.42 Å². The van der Waals surface area contributed by atoms with Crippen LogP contribution in [0.3, 0.4) is 0 Å². The third-order valence-electron chi connectivity index (χ3n) is 14.5. The van der Waals surface area contributed by atoms with Crippen molar-refractivity contribution in [2.24, 2.45) is 0 Å². The van der Waals surface area contributed by atoms with Crippen LogP contribution in [0.25, 0.3) is 127 Å². The number of benzene rings is 10. The molecule has 10 heteroatoms. The first kappa shape index (κ1) is 49.7. The van der Waals surface area contributed by atoms with Gasteiger partial charge in [0.15, 0.2) is 34.9 Å². The molecule has 1 aliphatic rings. The maximum Gasteiger partial charge on any atom is 0.164 e. The number of hydrogen-bond acceptors (Lipinski definition) is 8. The summed E-state index contributed by atoms with van der Waals surface area (Å²) < 4.78 is 6.08. The zero-order valence-corrected chi connectivity index (χ0v) is 46.7. The van der Waals surface area contributed by atoms with Gasteiger partial charge in [0, 0.05) is 63.7 Å². The number of nitrogens with zero attached hydrogens (tertiary/aromatic N) is 7. The number of para-hydroxylation sites is 1. The van der Waals surface area contributed by atoms with E-state index in [9.17, 15) is 0 Å². The van der Waals surface area contributed by atoms with Crippen molar-refractivity contribution < 1.29 is 0 Å². The van der Waals surface area contributed by atoms with Gasteiger partial charge in [-0.3, -0.25) is 0 Å². The molecule has 0 radical (unpaired) electrons. The lowest BCUT2D eigenvalue weighted by molar-refractivity contribution is 1.07. The molecule has 0 amide bonds. The van der Waals surface area contributed by atoms with Crippen molar-refractivity contribution in [3.63, 3.8) is 0 Å². The molecule has 1 aliphatic carbocycles. The normalized spacial score (nSPS) is 11.5. The molecule has 0 fully saturated rings. The first-order valence-electron chi connectivity index (χ1n) is 26.6. The lowest BCUT2D eigenvalue weighted by Crippen LogP contribution is -2.00. The molecule has 0 saturated heterocycles. The molecule has 5 aromatic heterocycles. The van der Waals surface area contributed by atoms with E-state index in [4.69, 9.17) is 24.9 Å². The van der Waals surface area contributed by atoms with Crippen molar-refractivity contribution in [1.29, 1.82) is 0 Å². The summed E-state index contributed by atoms with van der Waals surface area (Å²) in [5, 5.41) is 9.52. The fourth-order valence-electron chi connectivity index (χ4n) is 10.5. The van der Waals surface area contributed by atoms with Crippen LogP contribution in [0.2, 0.25) is 0 Å². The quantitative estimate of drug-likeness (QED) is 0.158. The lowest BCUT2D eigenvalue weighted by Gasteiger charge is -2.11. The van der Waals surface area contributed by atoms with Crippen molar-refractivity contribution in [2.45, 2.75) is 6.42 Å². The fourth-order valence-corrected chi connectivity index (χ4v) is 12.4. The zero-order valence-electron chi connectivity index (χ0n) is 43.4. The van der Waals surface area contributed by atoms with Crippen LogP contribution >= 0.6 is 38.6 Å². The maximum absolute atomic E-state index is 4.89. The molecule has 0 bridgehead atoms. The van der Waals surface area contributed by atoms with Crippen molar-refractivity contribution in [3.05, 3.63) is 281 Å². The minimum atomic E-state index is 0.654. The molecule has 15 aromatic rings. The standard InChI is InChI=1S/C35H22N4S.C21H14BrN3.C15H10S/c1-3-9-23(10-4-1)33-36-34(24-11-5-2-6-12-24)38-35(37-33)25-15-17-27(18-16-25)39-30-14-8-7-13-28(30)29-21-26-19-20-40-32(26)22-31(29)39;22-18-13-11-17(12-14-18)21-24-19(15-7-3-1-4-8-15)23-20(25-21)16-9-5-2-6-10-16;1-2-4-13-10(3-1)7-12-9-15-11(5-6-16-15)8-14(12)13/h1-22H;1-14H;1-6,8-9H,7H2. The van der Waals surface area contributed by atoms with Crippen LogP contribution in [0.15, 0.2) is 270 Å². The Hall–Kier alpha value is -9.58. The highest BCUT2D eigenvalue weighted by Gasteiger charge is 2.20. The Morgan fingerprint density at radius 2 is 0.741 bits per heavy atom. The first-order chi connectivity index (χ1) is 40.0. The summed E-state index contributed by atoms with van der Waals surface area (Å²) in [4.78, 5) is 28.7. The Bertz CT molecular complexity index is 4600. The van der Waals surface area contributed by atoms with E-state index in [1.54, 1.807) is 11.3 Å². The molecular formula is C71H46BrN7S2. The van der Waals surface area contributed by atoms with Gasteiger partial charge in [-0.05, 0) is 129 Å². The molecule has 0 aliphatic heterocycles. The Labute approximate surface area is 484 Å². The average Bonchev–Trinajstić information content (AvgIpc) is 4.56. The van der Waals surface area contributed by atoms with E-state index in [0.717, 1.165) is 50.0 Å². The van der Waals surface area contributed by atoms with Gasteiger partial charge in [0.05, 0.1) is 11.0 Å². The molecule has 384 valence electrons. The van der Waals surface area contributed by atoms with Crippen molar-refractivity contribution in [3.8, 4) is 85.1 Å². The number of thiophene rings is 2. The van der Waals surface area contributed by atoms with Gasteiger partial charge in [0.25, 0.3) is 0 Å². The summed E-state index contributed by atoms with van der Waals surface area (Å²) >= 11 is 7.08.